The summed E-state index contributed by atoms with van der Waals surface area (Å²) in [7, 11) is -3.01. The number of nitrogens with one attached hydrogen (secondary N) is 2. The number of fused-ring (bicyclic) bond motifs is 1. The summed E-state index contributed by atoms with van der Waals surface area (Å²) in [6, 6.07) is 3.71. The number of urea groups is 1. The Hall–Kier alpha value is -2.09. The zero-order chi connectivity index (χ0) is 18.9. The number of aryl methyl sites for hydroxylation is 2. The number of hydrogen-bond donors (Lipinski definition) is 2. The van der Waals surface area contributed by atoms with Gasteiger partial charge in [-0.3, -0.25) is 0 Å². The second-order valence-corrected chi connectivity index (χ2v) is 9.19. The van der Waals surface area contributed by atoms with Gasteiger partial charge in [0, 0.05) is 25.6 Å². The average molecular weight is 378 g/mol. The molecule has 1 fully saturated rings. The quantitative estimate of drug-likeness (QED) is 0.831. The van der Waals surface area contributed by atoms with E-state index in [1.807, 2.05) is 6.92 Å². The van der Waals surface area contributed by atoms with Crippen LogP contribution in [0.4, 0.5) is 4.79 Å². The van der Waals surface area contributed by atoms with Crippen LogP contribution < -0.4 is 5.32 Å². The van der Waals surface area contributed by atoms with Crippen molar-refractivity contribution in [1.82, 2.24) is 20.2 Å². The van der Waals surface area contributed by atoms with E-state index >= 15 is 0 Å². The minimum absolute atomic E-state index is 0.0660. The van der Waals surface area contributed by atoms with Gasteiger partial charge in [0.15, 0.2) is 9.84 Å². The van der Waals surface area contributed by atoms with E-state index in [9.17, 15) is 13.2 Å². The summed E-state index contributed by atoms with van der Waals surface area (Å²) >= 11 is 0. The molecule has 2 N–H and O–H groups in total. The number of carbonyl (C=O) groups excluding carboxylic acids is 1. The van der Waals surface area contributed by atoms with Crippen LogP contribution in [0.15, 0.2) is 12.1 Å². The molecule has 0 spiro atoms. The van der Waals surface area contributed by atoms with Crippen molar-refractivity contribution in [3.8, 4) is 0 Å². The van der Waals surface area contributed by atoms with E-state index in [0.717, 1.165) is 16.9 Å². The van der Waals surface area contributed by atoms with E-state index in [-0.39, 0.29) is 23.6 Å². The maximum atomic E-state index is 12.4. The minimum atomic E-state index is -3.01. The van der Waals surface area contributed by atoms with Crippen LogP contribution in [0.3, 0.4) is 0 Å². The Bertz CT molecular complexity index is 881. The van der Waals surface area contributed by atoms with Crippen molar-refractivity contribution in [2.45, 2.75) is 39.7 Å². The molecular formula is C18H26N4O3S. The third-order valence-corrected chi connectivity index (χ3v) is 6.79. The standard InChI is InChI=1S/C18H26N4O3S/c1-4-22(14-6-8-26(24,25)11-14)18(23)19-7-5-17-20-15-9-12(2)13(3)10-16(15)21-17/h9-10,14H,4-8,11H2,1-3H3,(H,19,23)(H,20,21)/t14-/m0/s1. The SMILES string of the molecule is CCN(C(=O)NCCc1nc2cc(C)c(C)cc2[nH]1)[C@H]1CCS(=O)(=O)C1. The number of sulfone groups is 1. The van der Waals surface area contributed by atoms with Gasteiger partial charge >= 0.3 is 6.03 Å². The van der Waals surface area contributed by atoms with Crippen LogP contribution in [0.5, 0.6) is 0 Å². The molecule has 1 saturated heterocycles. The Morgan fingerprint density at radius 1 is 1.35 bits per heavy atom. The Balaban J connectivity index is 1.57. The van der Waals surface area contributed by atoms with Crippen molar-refractivity contribution in [3.05, 3.63) is 29.1 Å². The van der Waals surface area contributed by atoms with E-state index in [2.05, 4.69) is 41.3 Å². The van der Waals surface area contributed by atoms with Crippen LogP contribution in [0.2, 0.25) is 0 Å². The molecule has 0 bridgehead atoms. The summed E-state index contributed by atoms with van der Waals surface area (Å²) in [6.07, 6.45) is 1.12. The fraction of sp³-hybridized carbons (Fsp3) is 0.556. The van der Waals surface area contributed by atoms with Crippen molar-refractivity contribution >= 4 is 26.9 Å². The molecule has 26 heavy (non-hydrogen) atoms. The minimum Gasteiger partial charge on any atom is -0.342 e. The molecule has 7 nitrogen and oxygen atoms in total. The fourth-order valence-electron chi connectivity index (χ4n) is 3.42. The Labute approximate surface area is 154 Å². The van der Waals surface area contributed by atoms with Gasteiger partial charge in [0.1, 0.15) is 5.82 Å². The third kappa shape index (κ3) is 4.00. The van der Waals surface area contributed by atoms with E-state index in [4.69, 9.17) is 0 Å². The number of amides is 2. The molecule has 1 aliphatic rings. The van der Waals surface area contributed by atoms with Gasteiger partial charge in [-0.15, -0.1) is 0 Å². The van der Waals surface area contributed by atoms with Crippen molar-refractivity contribution in [2.24, 2.45) is 0 Å². The lowest BCUT2D eigenvalue weighted by atomic mass is 10.1. The molecule has 3 rings (SSSR count). The van der Waals surface area contributed by atoms with Gasteiger partial charge in [-0.1, -0.05) is 0 Å². The molecule has 2 amide bonds. The Kier molecular flexibility index (Phi) is 5.22. The number of H-pyrrole nitrogens is 1. The maximum Gasteiger partial charge on any atom is 0.317 e. The van der Waals surface area contributed by atoms with Gasteiger partial charge in [0.25, 0.3) is 0 Å². The van der Waals surface area contributed by atoms with Crippen molar-refractivity contribution in [3.63, 3.8) is 0 Å². The van der Waals surface area contributed by atoms with Gasteiger partial charge in [-0.05, 0) is 50.5 Å². The molecular weight excluding hydrogens is 352 g/mol. The highest BCUT2D eigenvalue weighted by molar-refractivity contribution is 7.91. The number of carbonyl (C=O) groups is 1. The van der Waals surface area contributed by atoms with Crippen molar-refractivity contribution in [1.29, 1.82) is 0 Å². The predicted molar refractivity (Wildman–Crippen MR) is 102 cm³/mol. The van der Waals surface area contributed by atoms with Crippen LogP contribution in [0.25, 0.3) is 11.0 Å². The van der Waals surface area contributed by atoms with Crippen LogP contribution in [0, 0.1) is 13.8 Å². The summed E-state index contributed by atoms with van der Waals surface area (Å²) in [5, 5.41) is 2.89. The van der Waals surface area contributed by atoms with Crippen LogP contribution in [0.1, 0.15) is 30.3 Å². The van der Waals surface area contributed by atoms with Crippen molar-refractivity contribution in [2.75, 3.05) is 24.6 Å². The van der Waals surface area contributed by atoms with E-state index in [1.54, 1.807) is 4.90 Å². The summed E-state index contributed by atoms with van der Waals surface area (Å²) in [4.78, 5) is 21.9. The van der Waals surface area contributed by atoms with E-state index in [1.165, 1.54) is 11.1 Å². The Morgan fingerprint density at radius 2 is 2.08 bits per heavy atom. The first-order valence-corrected chi connectivity index (χ1v) is 10.8. The third-order valence-electron chi connectivity index (χ3n) is 5.04. The lowest BCUT2D eigenvalue weighted by Gasteiger charge is -2.26. The first-order chi connectivity index (χ1) is 12.3. The predicted octanol–water partition coefficient (Wildman–Crippen LogP) is 1.94. The molecule has 0 aliphatic carbocycles. The number of imidazole rings is 1. The van der Waals surface area contributed by atoms with Gasteiger partial charge in [-0.25, -0.2) is 18.2 Å². The summed E-state index contributed by atoms with van der Waals surface area (Å²) in [5.41, 5.74) is 4.35. The Morgan fingerprint density at radius 3 is 2.73 bits per heavy atom. The van der Waals surface area contributed by atoms with Crippen LogP contribution in [-0.2, 0) is 16.3 Å². The monoisotopic (exact) mass is 378 g/mol. The number of benzene rings is 1. The molecule has 2 aromatic rings. The fourth-order valence-corrected chi connectivity index (χ4v) is 5.15. The maximum absolute atomic E-state index is 12.4. The summed E-state index contributed by atoms with van der Waals surface area (Å²) in [6.45, 7) is 6.94. The molecule has 0 saturated carbocycles. The molecule has 8 heteroatoms. The molecule has 1 atom stereocenters. The molecule has 0 unspecified atom stereocenters. The summed E-state index contributed by atoms with van der Waals surface area (Å²) in [5.74, 6) is 1.06. The summed E-state index contributed by atoms with van der Waals surface area (Å²) < 4.78 is 23.3. The van der Waals surface area contributed by atoms with Gasteiger partial charge < -0.3 is 15.2 Å². The highest BCUT2D eigenvalue weighted by Gasteiger charge is 2.33. The molecule has 1 aliphatic heterocycles. The molecule has 0 radical (unpaired) electrons. The largest absolute Gasteiger partial charge is 0.342 e. The molecule has 142 valence electrons. The number of aromatic nitrogens is 2. The lowest BCUT2D eigenvalue weighted by molar-refractivity contribution is 0.184. The van der Waals surface area contributed by atoms with Crippen molar-refractivity contribution < 1.29 is 13.2 Å². The highest BCUT2D eigenvalue weighted by atomic mass is 32.2. The second-order valence-electron chi connectivity index (χ2n) is 6.96. The van der Waals surface area contributed by atoms with E-state index in [0.29, 0.717) is 25.9 Å². The average Bonchev–Trinajstić information content (AvgIpc) is 3.11. The highest BCUT2D eigenvalue weighted by Crippen LogP contribution is 2.18. The first-order valence-electron chi connectivity index (χ1n) is 9.00. The second kappa shape index (κ2) is 7.26. The normalized spacial score (nSPS) is 19.0. The molecule has 2 heterocycles. The lowest BCUT2D eigenvalue weighted by Crippen LogP contribution is -2.47. The molecule has 1 aromatic carbocycles. The number of nitrogens with zero attached hydrogens (tertiary/aromatic N) is 2. The topological polar surface area (TPSA) is 95.2 Å². The first kappa shape index (κ1) is 18.7. The van der Waals surface area contributed by atoms with Gasteiger partial charge in [0.2, 0.25) is 0 Å². The van der Waals surface area contributed by atoms with Gasteiger partial charge in [0.05, 0.1) is 22.5 Å². The zero-order valence-corrected chi connectivity index (χ0v) is 16.3. The number of rotatable bonds is 5. The van der Waals surface area contributed by atoms with Crippen LogP contribution in [-0.4, -0.2) is 60.0 Å². The molecule has 1 aromatic heterocycles. The van der Waals surface area contributed by atoms with Crippen LogP contribution >= 0.6 is 0 Å². The van der Waals surface area contributed by atoms with E-state index < -0.39 is 9.84 Å². The smallest absolute Gasteiger partial charge is 0.317 e. The van der Waals surface area contributed by atoms with Gasteiger partial charge in [-0.2, -0.15) is 0 Å². The zero-order valence-electron chi connectivity index (χ0n) is 15.5. The number of hydrogen-bond acceptors (Lipinski definition) is 4. The number of aromatic amines is 1.